The fraction of sp³-hybridized carbons (Fsp3) is 1.00. The van der Waals surface area contributed by atoms with Gasteiger partial charge in [-0.1, -0.05) is 20.8 Å². The lowest BCUT2D eigenvalue weighted by Gasteiger charge is -2.34. The van der Waals surface area contributed by atoms with E-state index >= 15 is 0 Å². The molecule has 0 radical (unpaired) electrons. The van der Waals surface area contributed by atoms with E-state index in [4.69, 9.17) is 0 Å². The van der Waals surface area contributed by atoms with Gasteiger partial charge in [-0.3, -0.25) is 4.90 Å². The number of thioether (sulfide) groups is 1. The third-order valence-corrected chi connectivity index (χ3v) is 4.69. The smallest absolute Gasteiger partial charge is 0.108 e. The fourth-order valence-electron chi connectivity index (χ4n) is 1.99. The molecule has 1 aliphatic rings. The van der Waals surface area contributed by atoms with Gasteiger partial charge in [0, 0.05) is 23.8 Å². The standard InChI is InChI=1S/C13H27NOS/c1-12(2,3)9-16-10-7-11(15)14(8-10)13(4,5)6/h10-11,15H,7-9H2,1-6H3. The van der Waals surface area contributed by atoms with Crippen molar-refractivity contribution in [1.82, 2.24) is 4.90 Å². The zero-order valence-corrected chi connectivity index (χ0v) is 12.4. The summed E-state index contributed by atoms with van der Waals surface area (Å²) in [5.74, 6) is 1.17. The number of aliphatic hydroxyl groups is 1. The van der Waals surface area contributed by atoms with Crippen molar-refractivity contribution < 1.29 is 5.11 Å². The SMILES string of the molecule is CC(C)(C)CSC1CC(O)N(C(C)(C)C)C1. The van der Waals surface area contributed by atoms with Crippen LogP contribution in [0.25, 0.3) is 0 Å². The number of aliphatic hydroxyl groups excluding tert-OH is 1. The molecule has 1 aliphatic heterocycles. The van der Waals surface area contributed by atoms with Crippen molar-refractivity contribution in [3.63, 3.8) is 0 Å². The predicted octanol–water partition coefficient (Wildman–Crippen LogP) is 2.96. The zero-order chi connectivity index (χ0) is 12.6. The Balaban J connectivity index is 2.45. The van der Waals surface area contributed by atoms with Gasteiger partial charge in [-0.05, 0) is 31.9 Å². The first-order chi connectivity index (χ1) is 7.09. The minimum absolute atomic E-state index is 0.0798. The molecule has 0 saturated carbocycles. The second-order valence-electron chi connectivity index (χ2n) is 7.03. The summed E-state index contributed by atoms with van der Waals surface area (Å²) in [7, 11) is 0. The molecular weight excluding hydrogens is 218 g/mol. The van der Waals surface area contributed by atoms with Crippen molar-refractivity contribution in [2.45, 2.75) is 65.0 Å². The molecule has 2 nitrogen and oxygen atoms in total. The molecule has 0 aromatic rings. The van der Waals surface area contributed by atoms with Gasteiger partial charge in [0.2, 0.25) is 0 Å². The molecule has 96 valence electrons. The van der Waals surface area contributed by atoms with E-state index in [1.807, 2.05) is 11.8 Å². The number of hydrogen-bond acceptors (Lipinski definition) is 3. The van der Waals surface area contributed by atoms with Crippen LogP contribution in [-0.4, -0.2) is 39.3 Å². The van der Waals surface area contributed by atoms with Crippen molar-refractivity contribution in [1.29, 1.82) is 0 Å². The third-order valence-electron chi connectivity index (χ3n) is 2.85. The van der Waals surface area contributed by atoms with Crippen LogP contribution in [0.3, 0.4) is 0 Å². The second-order valence-corrected chi connectivity index (χ2v) is 8.32. The second kappa shape index (κ2) is 4.87. The molecule has 0 spiro atoms. The Morgan fingerprint density at radius 1 is 1.19 bits per heavy atom. The minimum Gasteiger partial charge on any atom is -0.378 e. The van der Waals surface area contributed by atoms with Crippen LogP contribution in [-0.2, 0) is 0 Å². The average molecular weight is 245 g/mol. The maximum Gasteiger partial charge on any atom is 0.108 e. The molecule has 16 heavy (non-hydrogen) atoms. The Hall–Kier alpha value is 0.270. The summed E-state index contributed by atoms with van der Waals surface area (Å²) in [6.07, 6.45) is 0.662. The zero-order valence-electron chi connectivity index (χ0n) is 11.6. The van der Waals surface area contributed by atoms with Gasteiger partial charge < -0.3 is 5.11 Å². The highest BCUT2D eigenvalue weighted by molar-refractivity contribution is 7.99. The summed E-state index contributed by atoms with van der Waals surface area (Å²) in [6.45, 7) is 14.4. The van der Waals surface area contributed by atoms with Crippen molar-refractivity contribution in [2.75, 3.05) is 12.3 Å². The lowest BCUT2D eigenvalue weighted by Crippen LogP contribution is -2.44. The van der Waals surface area contributed by atoms with E-state index in [9.17, 15) is 5.11 Å². The maximum absolute atomic E-state index is 10.0. The molecule has 1 heterocycles. The Labute approximate surface area is 105 Å². The van der Waals surface area contributed by atoms with Crippen molar-refractivity contribution in [2.24, 2.45) is 5.41 Å². The summed E-state index contributed by atoms with van der Waals surface area (Å²) >= 11 is 2.01. The topological polar surface area (TPSA) is 23.5 Å². The van der Waals surface area contributed by atoms with E-state index < -0.39 is 0 Å². The quantitative estimate of drug-likeness (QED) is 0.809. The summed E-state index contributed by atoms with van der Waals surface area (Å²) < 4.78 is 0. The fourth-order valence-corrected chi connectivity index (χ4v) is 3.30. The monoisotopic (exact) mass is 245 g/mol. The van der Waals surface area contributed by atoms with E-state index in [1.54, 1.807) is 0 Å². The van der Waals surface area contributed by atoms with Gasteiger partial charge >= 0.3 is 0 Å². The molecule has 1 rings (SSSR count). The van der Waals surface area contributed by atoms with Gasteiger partial charge in [-0.15, -0.1) is 0 Å². The van der Waals surface area contributed by atoms with Gasteiger partial charge in [-0.25, -0.2) is 0 Å². The molecule has 0 aromatic carbocycles. The highest BCUT2D eigenvalue weighted by Gasteiger charge is 2.37. The Bertz CT molecular complexity index is 229. The molecule has 0 bridgehead atoms. The first-order valence-corrected chi connectivity index (χ1v) is 7.21. The normalized spacial score (nSPS) is 28.7. The minimum atomic E-state index is -0.252. The molecule has 1 N–H and O–H groups in total. The Kier molecular flexibility index (Phi) is 4.36. The molecule has 1 saturated heterocycles. The van der Waals surface area contributed by atoms with Crippen LogP contribution in [0.1, 0.15) is 48.0 Å². The van der Waals surface area contributed by atoms with Gasteiger partial charge in [-0.2, -0.15) is 11.8 Å². The first-order valence-electron chi connectivity index (χ1n) is 6.16. The molecule has 2 unspecified atom stereocenters. The van der Waals surface area contributed by atoms with Crippen LogP contribution in [0, 0.1) is 5.41 Å². The number of rotatable bonds is 2. The van der Waals surface area contributed by atoms with Crippen LogP contribution in [0.4, 0.5) is 0 Å². The number of likely N-dealkylation sites (tertiary alicyclic amines) is 1. The molecule has 0 amide bonds. The van der Waals surface area contributed by atoms with E-state index in [-0.39, 0.29) is 11.8 Å². The van der Waals surface area contributed by atoms with E-state index in [0.717, 1.165) is 13.0 Å². The summed E-state index contributed by atoms with van der Waals surface area (Å²) in [4.78, 5) is 2.22. The lowest BCUT2D eigenvalue weighted by atomic mass is 10.0. The summed E-state index contributed by atoms with van der Waals surface area (Å²) in [6, 6.07) is 0. The molecule has 2 atom stereocenters. The van der Waals surface area contributed by atoms with E-state index in [1.165, 1.54) is 5.75 Å². The molecular formula is C13H27NOS. The summed E-state index contributed by atoms with van der Waals surface area (Å²) in [5, 5.41) is 10.6. The molecule has 0 aliphatic carbocycles. The van der Waals surface area contributed by atoms with Gasteiger partial charge in [0.25, 0.3) is 0 Å². The molecule has 1 fully saturated rings. The average Bonchev–Trinajstić information content (AvgIpc) is 2.41. The first kappa shape index (κ1) is 14.3. The van der Waals surface area contributed by atoms with Gasteiger partial charge in [0.05, 0.1) is 0 Å². The van der Waals surface area contributed by atoms with Gasteiger partial charge in [0.1, 0.15) is 6.23 Å². The Morgan fingerprint density at radius 2 is 1.75 bits per heavy atom. The van der Waals surface area contributed by atoms with Crippen LogP contribution < -0.4 is 0 Å². The molecule has 0 aromatic heterocycles. The largest absolute Gasteiger partial charge is 0.378 e. The Morgan fingerprint density at radius 3 is 2.12 bits per heavy atom. The maximum atomic E-state index is 10.0. The third kappa shape index (κ3) is 4.27. The van der Waals surface area contributed by atoms with Crippen molar-refractivity contribution in [3.05, 3.63) is 0 Å². The molecule has 3 heteroatoms. The van der Waals surface area contributed by atoms with Crippen LogP contribution in [0.5, 0.6) is 0 Å². The summed E-state index contributed by atoms with van der Waals surface area (Å²) in [5.41, 5.74) is 0.460. The van der Waals surface area contributed by atoms with Crippen LogP contribution in [0.15, 0.2) is 0 Å². The highest BCUT2D eigenvalue weighted by Crippen LogP contribution is 2.34. The number of nitrogens with zero attached hydrogens (tertiary/aromatic N) is 1. The number of hydrogen-bond donors (Lipinski definition) is 1. The highest BCUT2D eigenvalue weighted by atomic mass is 32.2. The lowest BCUT2D eigenvalue weighted by molar-refractivity contribution is -0.0178. The van der Waals surface area contributed by atoms with E-state index in [0.29, 0.717) is 10.7 Å². The van der Waals surface area contributed by atoms with Crippen molar-refractivity contribution >= 4 is 11.8 Å². The van der Waals surface area contributed by atoms with Crippen molar-refractivity contribution in [3.8, 4) is 0 Å². The van der Waals surface area contributed by atoms with Crippen LogP contribution >= 0.6 is 11.8 Å². The van der Waals surface area contributed by atoms with Crippen LogP contribution in [0.2, 0.25) is 0 Å². The van der Waals surface area contributed by atoms with E-state index in [2.05, 4.69) is 46.4 Å². The predicted molar refractivity (Wildman–Crippen MR) is 72.8 cm³/mol. The van der Waals surface area contributed by atoms with Gasteiger partial charge in [0.15, 0.2) is 0 Å².